The van der Waals surface area contributed by atoms with E-state index in [9.17, 15) is 4.79 Å². The summed E-state index contributed by atoms with van der Waals surface area (Å²) >= 11 is 7.04. The Morgan fingerprint density at radius 1 is 0.962 bits per heavy atom. The Morgan fingerprint density at radius 2 is 1.65 bits per heavy atom. The average Bonchev–Trinajstić information content (AvgIpc) is 3.01. The highest BCUT2D eigenvalue weighted by atomic mass is 35.5. The first-order chi connectivity index (χ1) is 12.6. The number of fused-ring (bicyclic) bond motifs is 1. The van der Waals surface area contributed by atoms with E-state index in [1.54, 1.807) is 24.3 Å². The SMILES string of the molecule is Cc1ccc(-n2c(SC(=O)c3ccc(Cl)cc3)nc3ccccc32)cc1. The summed E-state index contributed by atoms with van der Waals surface area (Å²) in [4.78, 5) is 17.4. The van der Waals surface area contributed by atoms with E-state index in [0.29, 0.717) is 15.7 Å². The highest BCUT2D eigenvalue weighted by Gasteiger charge is 2.17. The second kappa shape index (κ2) is 6.98. The lowest BCUT2D eigenvalue weighted by Crippen LogP contribution is -2.00. The molecule has 0 amide bonds. The maximum absolute atomic E-state index is 12.7. The number of hydrogen-bond donors (Lipinski definition) is 0. The summed E-state index contributed by atoms with van der Waals surface area (Å²) in [5.41, 5.74) is 4.60. The number of aromatic nitrogens is 2. The molecule has 0 bridgehead atoms. The summed E-state index contributed by atoms with van der Waals surface area (Å²) in [6, 6.07) is 23.0. The minimum absolute atomic E-state index is 0.0645. The van der Waals surface area contributed by atoms with Gasteiger partial charge in [-0.1, -0.05) is 41.4 Å². The Hall–Kier alpha value is -2.56. The van der Waals surface area contributed by atoms with Crippen molar-refractivity contribution in [3.63, 3.8) is 0 Å². The van der Waals surface area contributed by atoms with Gasteiger partial charge in [0.25, 0.3) is 0 Å². The van der Waals surface area contributed by atoms with E-state index in [4.69, 9.17) is 11.6 Å². The van der Waals surface area contributed by atoms with Gasteiger partial charge < -0.3 is 0 Å². The number of benzene rings is 3. The number of nitrogens with zero attached hydrogens (tertiary/aromatic N) is 2. The van der Waals surface area contributed by atoms with Crippen LogP contribution in [0.2, 0.25) is 5.02 Å². The Morgan fingerprint density at radius 3 is 2.38 bits per heavy atom. The minimum atomic E-state index is -0.0645. The zero-order chi connectivity index (χ0) is 18.1. The third kappa shape index (κ3) is 3.26. The van der Waals surface area contributed by atoms with Crippen molar-refractivity contribution in [1.29, 1.82) is 0 Å². The minimum Gasteiger partial charge on any atom is -0.287 e. The van der Waals surface area contributed by atoms with Crippen molar-refractivity contribution in [3.8, 4) is 5.69 Å². The van der Waals surface area contributed by atoms with Crippen LogP contribution in [0.4, 0.5) is 0 Å². The van der Waals surface area contributed by atoms with Crippen molar-refractivity contribution in [2.45, 2.75) is 12.1 Å². The number of carbonyl (C=O) groups is 1. The molecule has 4 aromatic rings. The highest BCUT2D eigenvalue weighted by Crippen LogP contribution is 2.30. The first kappa shape index (κ1) is 16.9. The number of para-hydroxylation sites is 2. The van der Waals surface area contributed by atoms with Crippen LogP contribution in [0.25, 0.3) is 16.7 Å². The second-order valence-electron chi connectivity index (χ2n) is 5.95. The van der Waals surface area contributed by atoms with Crippen molar-refractivity contribution in [1.82, 2.24) is 9.55 Å². The van der Waals surface area contributed by atoms with Gasteiger partial charge in [0.15, 0.2) is 5.16 Å². The monoisotopic (exact) mass is 378 g/mol. The van der Waals surface area contributed by atoms with E-state index >= 15 is 0 Å². The van der Waals surface area contributed by atoms with Crippen LogP contribution in [0.3, 0.4) is 0 Å². The molecule has 26 heavy (non-hydrogen) atoms. The highest BCUT2D eigenvalue weighted by molar-refractivity contribution is 8.14. The molecule has 0 N–H and O–H groups in total. The molecular weight excluding hydrogens is 364 g/mol. The number of thioether (sulfide) groups is 1. The lowest BCUT2D eigenvalue weighted by atomic mass is 10.2. The van der Waals surface area contributed by atoms with Crippen LogP contribution in [0.5, 0.6) is 0 Å². The molecule has 0 aliphatic carbocycles. The third-order valence-corrected chi connectivity index (χ3v) is 5.22. The summed E-state index contributed by atoms with van der Waals surface area (Å²) in [6.45, 7) is 2.05. The van der Waals surface area contributed by atoms with E-state index in [0.717, 1.165) is 28.5 Å². The fourth-order valence-electron chi connectivity index (χ4n) is 2.74. The van der Waals surface area contributed by atoms with Crippen LogP contribution in [0.1, 0.15) is 15.9 Å². The topological polar surface area (TPSA) is 34.9 Å². The van der Waals surface area contributed by atoms with Gasteiger partial charge in [-0.3, -0.25) is 9.36 Å². The maximum Gasteiger partial charge on any atom is 0.227 e. The average molecular weight is 379 g/mol. The molecule has 0 fully saturated rings. The molecule has 128 valence electrons. The predicted octanol–water partition coefficient (Wildman–Crippen LogP) is 5.92. The molecule has 3 nitrogen and oxygen atoms in total. The maximum atomic E-state index is 12.7. The van der Waals surface area contributed by atoms with E-state index in [-0.39, 0.29) is 5.12 Å². The lowest BCUT2D eigenvalue weighted by Gasteiger charge is -2.09. The molecule has 0 unspecified atom stereocenters. The summed E-state index contributed by atoms with van der Waals surface area (Å²) in [5, 5.41) is 1.19. The van der Waals surface area contributed by atoms with Crippen molar-refractivity contribution in [2.75, 3.05) is 0 Å². The summed E-state index contributed by atoms with van der Waals surface area (Å²) in [7, 11) is 0. The van der Waals surface area contributed by atoms with Crippen LogP contribution in [-0.4, -0.2) is 14.7 Å². The Balaban J connectivity index is 1.79. The van der Waals surface area contributed by atoms with E-state index < -0.39 is 0 Å². The summed E-state index contributed by atoms with van der Waals surface area (Å²) in [6.07, 6.45) is 0. The van der Waals surface area contributed by atoms with Gasteiger partial charge in [-0.05, 0) is 67.2 Å². The van der Waals surface area contributed by atoms with Crippen LogP contribution >= 0.6 is 23.4 Å². The Labute approximate surface area is 160 Å². The van der Waals surface area contributed by atoms with Crippen LogP contribution in [0.15, 0.2) is 78.0 Å². The number of halogens is 1. The lowest BCUT2D eigenvalue weighted by molar-refractivity contribution is 0.108. The zero-order valence-electron chi connectivity index (χ0n) is 14.0. The second-order valence-corrected chi connectivity index (χ2v) is 7.33. The molecule has 0 saturated carbocycles. The van der Waals surface area contributed by atoms with Crippen LogP contribution in [-0.2, 0) is 0 Å². The van der Waals surface area contributed by atoms with Gasteiger partial charge >= 0.3 is 0 Å². The van der Waals surface area contributed by atoms with Crippen molar-refractivity contribution in [3.05, 3.63) is 88.9 Å². The molecule has 5 heteroatoms. The van der Waals surface area contributed by atoms with Gasteiger partial charge in [0, 0.05) is 16.3 Å². The molecule has 3 aromatic carbocycles. The number of imidazole rings is 1. The van der Waals surface area contributed by atoms with Gasteiger partial charge in [-0.25, -0.2) is 4.98 Å². The van der Waals surface area contributed by atoms with Crippen molar-refractivity contribution < 1.29 is 4.79 Å². The van der Waals surface area contributed by atoms with Crippen molar-refractivity contribution >= 4 is 39.5 Å². The molecule has 0 saturated heterocycles. The molecular formula is C21H15ClN2OS. The fraction of sp³-hybridized carbons (Fsp3) is 0.0476. The molecule has 0 atom stereocenters. The molecule has 0 spiro atoms. The number of carbonyl (C=O) groups excluding carboxylic acids is 1. The molecule has 0 aliphatic rings. The van der Waals surface area contributed by atoms with E-state index in [1.807, 2.05) is 41.0 Å². The first-order valence-electron chi connectivity index (χ1n) is 8.14. The normalized spacial score (nSPS) is 11.0. The quantitative estimate of drug-likeness (QED) is 0.415. The van der Waals surface area contributed by atoms with Gasteiger partial charge in [0.05, 0.1) is 11.0 Å². The Bertz CT molecular complexity index is 1090. The van der Waals surface area contributed by atoms with Gasteiger partial charge in [0.2, 0.25) is 5.12 Å². The zero-order valence-corrected chi connectivity index (χ0v) is 15.6. The summed E-state index contributed by atoms with van der Waals surface area (Å²) < 4.78 is 2.02. The van der Waals surface area contributed by atoms with Crippen molar-refractivity contribution in [2.24, 2.45) is 0 Å². The summed E-state index contributed by atoms with van der Waals surface area (Å²) in [5.74, 6) is 0. The van der Waals surface area contributed by atoms with Gasteiger partial charge in [-0.15, -0.1) is 0 Å². The molecule has 1 heterocycles. The van der Waals surface area contributed by atoms with Crippen LogP contribution < -0.4 is 0 Å². The fourth-order valence-corrected chi connectivity index (χ4v) is 3.73. The Kier molecular flexibility index (Phi) is 4.53. The molecule has 4 rings (SSSR count). The first-order valence-corrected chi connectivity index (χ1v) is 9.33. The smallest absolute Gasteiger partial charge is 0.227 e. The van der Waals surface area contributed by atoms with Gasteiger partial charge in [-0.2, -0.15) is 0 Å². The molecule has 1 aromatic heterocycles. The standard InChI is InChI=1S/C21H15ClN2OS/c1-14-6-12-17(13-7-14)24-19-5-3-2-4-18(19)23-21(24)26-20(25)15-8-10-16(22)11-9-15/h2-13H,1H3. The largest absolute Gasteiger partial charge is 0.287 e. The van der Waals surface area contributed by atoms with E-state index in [1.165, 1.54) is 5.56 Å². The molecule has 0 radical (unpaired) electrons. The van der Waals surface area contributed by atoms with Gasteiger partial charge in [0.1, 0.15) is 0 Å². The molecule has 0 aliphatic heterocycles. The number of aryl methyl sites for hydroxylation is 1. The predicted molar refractivity (Wildman–Crippen MR) is 107 cm³/mol. The van der Waals surface area contributed by atoms with E-state index in [2.05, 4.69) is 24.0 Å². The van der Waals surface area contributed by atoms with Crippen LogP contribution in [0, 0.1) is 6.92 Å². The number of hydrogen-bond acceptors (Lipinski definition) is 3. The third-order valence-electron chi connectivity index (χ3n) is 4.09. The number of rotatable bonds is 3.